The van der Waals surface area contributed by atoms with Gasteiger partial charge in [0.15, 0.2) is 0 Å². The van der Waals surface area contributed by atoms with Crippen LogP contribution < -0.4 is 5.73 Å². The molecule has 0 spiro atoms. The van der Waals surface area contributed by atoms with Gasteiger partial charge in [0.05, 0.1) is 12.7 Å². The lowest BCUT2D eigenvalue weighted by Gasteiger charge is -2.21. The molecule has 4 heteroatoms. The van der Waals surface area contributed by atoms with Crippen molar-refractivity contribution in [2.45, 2.75) is 31.7 Å². The van der Waals surface area contributed by atoms with Gasteiger partial charge in [0.1, 0.15) is 0 Å². The SMILES string of the molecule is COC(=O)c1ccccc1[C@H](N)C1CCCC1.Cl. The van der Waals surface area contributed by atoms with Gasteiger partial charge in [-0.05, 0) is 30.4 Å². The third-order valence-corrected chi connectivity index (χ3v) is 3.63. The van der Waals surface area contributed by atoms with Crippen molar-refractivity contribution in [3.63, 3.8) is 0 Å². The summed E-state index contributed by atoms with van der Waals surface area (Å²) in [4.78, 5) is 11.7. The van der Waals surface area contributed by atoms with Crippen molar-refractivity contribution in [3.8, 4) is 0 Å². The summed E-state index contributed by atoms with van der Waals surface area (Å²) in [5.74, 6) is 0.204. The van der Waals surface area contributed by atoms with Crippen LogP contribution in [0.4, 0.5) is 0 Å². The summed E-state index contributed by atoms with van der Waals surface area (Å²) in [7, 11) is 1.40. The Morgan fingerprint density at radius 2 is 1.94 bits per heavy atom. The molecule has 0 radical (unpaired) electrons. The van der Waals surface area contributed by atoms with Crippen LogP contribution in [0.2, 0.25) is 0 Å². The van der Waals surface area contributed by atoms with Gasteiger partial charge >= 0.3 is 5.97 Å². The van der Waals surface area contributed by atoms with E-state index in [1.807, 2.05) is 18.2 Å². The zero-order chi connectivity index (χ0) is 12.3. The molecule has 100 valence electrons. The fourth-order valence-corrected chi connectivity index (χ4v) is 2.65. The van der Waals surface area contributed by atoms with Gasteiger partial charge in [-0.15, -0.1) is 12.4 Å². The van der Waals surface area contributed by atoms with E-state index in [-0.39, 0.29) is 24.4 Å². The van der Waals surface area contributed by atoms with Gasteiger partial charge in [-0.2, -0.15) is 0 Å². The Morgan fingerprint density at radius 1 is 1.33 bits per heavy atom. The topological polar surface area (TPSA) is 52.3 Å². The van der Waals surface area contributed by atoms with Crippen LogP contribution in [-0.4, -0.2) is 13.1 Å². The first kappa shape index (κ1) is 15.0. The number of halogens is 1. The summed E-state index contributed by atoms with van der Waals surface area (Å²) < 4.78 is 4.80. The highest BCUT2D eigenvalue weighted by Gasteiger charge is 2.26. The number of esters is 1. The van der Waals surface area contributed by atoms with E-state index in [1.165, 1.54) is 20.0 Å². The highest BCUT2D eigenvalue weighted by molar-refractivity contribution is 5.91. The van der Waals surface area contributed by atoms with E-state index >= 15 is 0 Å². The van der Waals surface area contributed by atoms with Gasteiger partial charge < -0.3 is 10.5 Å². The molecule has 1 aromatic carbocycles. The van der Waals surface area contributed by atoms with Gasteiger partial charge in [0.2, 0.25) is 0 Å². The van der Waals surface area contributed by atoms with Gasteiger partial charge in [-0.3, -0.25) is 0 Å². The number of carbonyl (C=O) groups excluding carboxylic acids is 1. The van der Waals surface area contributed by atoms with Crippen molar-refractivity contribution in [2.24, 2.45) is 11.7 Å². The average molecular weight is 270 g/mol. The first-order valence-corrected chi connectivity index (χ1v) is 6.17. The first-order chi connectivity index (χ1) is 8.24. The van der Waals surface area contributed by atoms with Crippen molar-refractivity contribution >= 4 is 18.4 Å². The molecule has 0 aliphatic heterocycles. The van der Waals surface area contributed by atoms with Gasteiger partial charge in [0, 0.05) is 6.04 Å². The number of carbonyl (C=O) groups is 1. The minimum atomic E-state index is -0.297. The molecule has 0 bridgehead atoms. The summed E-state index contributed by atoms with van der Waals surface area (Å²) in [5.41, 5.74) is 7.81. The summed E-state index contributed by atoms with van der Waals surface area (Å²) in [6, 6.07) is 7.45. The van der Waals surface area contributed by atoms with Crippen molar-refractivity contribution in [1.82, 2.24) is 0 Å². The maximum absolute atomic E-state index is 11.7. The Hall–Kier alpha value is -1.06. The van der Waals surface area contributed by atoms with Crippen LogP contribution in [0.1, 0.15) is 47.6 Å². The maximum atomic E-state index is 11.7. The summed E-state index contributed by atoms with van der Waals surface area (Å²) >= 11 is 0. The number of nitrogens with two attached hydrogens (primary N) is 1. The molecule has 2 N–H and O–H groups in total. The Balaban J connectivity index is 0.00000162. The highest BCUT2D eigenvalue weighted by Crippen LogP contribution is 2.35. The normalized spacial score (nSPS) is 17.0. The second-order valence-corrected chi connectivity index (χ2v) is 4.65. The number of ether oxygens (including phenoxy) is 1. The number of hydrogen-bond acceptors (Lipinski definition) is 3. The molecule has 0 aromatic heterocycles. The summed E-state index contributed by atoms with van der Waals surface area (Å²) in [6.07, 6.45) is 4.82. The number of hydrogen-bond donors (Lipinski definition) is 1. The molecule has 1 aromatic rings. The van der Waals surface area contributed by atoms with Crippen molar-refractivity contribution < 1.29 is 9.53 Å². The molecule has 1 aliphatic carbocycles. The zero-order valence-corrected chi connectivity index (χ0v) is 11.4. The van der Waals surface area contributed by atoms with Gasteiger partial charge in [0.25, 0.3) is 0 Å². The molecule has 1 saturated carbocycles. The van der Waals surface area contributed by atoms with E-state index in [4.69, 9.17) is 10.5 Å². The van der Waals surface area contributed by atoms with Crippen molar-refractivity contribution in [2.75, 3.05) is 7.11 Å². The molecule has 18 heavy (non-hydrogen) atoms. The van der Waals surface area contributed by atoms with Crippen LogP contribution >= 0.6 is 12.4 Å². The number of rotatable bonds is 3. The Morgan fingerprint density at radius 3 is 2.56 bits per heavy atom. The van der Waals surface area contributed by atoms with Crippen LogP contribution in [0.5, 0.6) is 0 Å². The molecule has 0 unspecified atom stereocenters. The third kappa shape index (κ3) is 3.03. The predicted molar refractivity (Wildman–Crippen MR) is 73.9 cm³/mol. The van der Waals surface area contributed by atoms with Crippen LogP contribution in [0, 0.1) is 5.92 Å². The van der Waals surface area contributed by atoms with Crippen molar-refractivity contribution in [1.29, 1.82) is 0 Å². The zero-order valence-electron chi connectivity index (χ0n) is 10.6. The Kier molecular flexibility index (Phi) is 5.63. The fourth-order valence-electron chi connectivity index (χ4n) is 2.65. The maximum Gasteiger partial charge on any atom is 0.338 e. The quantitative estimate of drug-likeness (QED) is 0.858. The molecule has 2 rings (SSSR count). The Labute approximate surface area is 114 Å². The lowest BCUT2D eigenvalue weighted by Crippen LogP contribution is -2.22. The summed E-state index contributed by atoms with van der Waals surface area (Å²) in [6.45, 7) is 0. The smallest absolute Gasteiger partial charge is 0.338 e. The molecule has 0 saturated heterocycles. The lowest BCUT2D eigenvalue weighted by atomic mass is 9.89. The molecule has 1 fully saturated rings. The van der Waals surface area contributed by atoms with Gasteiger partial charge in [-0.1, -0.05) is 31.0 Å². The van der Waals surface area contributed by atoms with E-state index in [1.54, 1.807) is 6.07 Å². The first-order valence-electron chi connectivity index (χ1n) is 6.17. The average Bonchev–Trinajstić information content (AvgIpc) is 2.91. The minimum Gasteiger partial charge on any atom is -0.465 e. The van der Waals surface area contributed by atoms with Gasteiger partial charge in [-0.25, -0.2) is 4.79 Å². The van der Waals surface area contributed by atoms with Crippen molar-refractivity contribution in [3.05, 3.63) is 35.4 Å². The van der Waals surface area contributed by atoms with Crippen LogP contribution in [0.3, 0.4) is 0 Å². The largest absolute Gasteiger partial charge is 0.465 e. The second-order valence-electron chi connectivity index (χ2n) is 4.65. The third-order valence-electron chi connectivity index (χ3n) is 3.63. The number of methoxy groups -OCH3 is 1. The minimum absolute atomic E-state index is 0. The molecule has 1 atom stereocenters. The van der Waals surface area contributed by atoms with E-state index < -0.39 is 0 Å². The molecule has 3 nitrogen and oxygen atoms in total. The standard InChI is InChI=1S/C14H19NO2.ClH/c1-17-14(16)12-9-5-4-8-11(12)13(15)10-6-2-3-7-10;/h4-5,8-10,13H,2-3,6-7,15H2,1H3;1H/t13-;/m1./s1. The van der Waals surface area contributed by atoms with E-state index in [9.17, 15) is 4.79 Å². The lowest BCUT2D eigenvalue weighted by molar-refractivity contribution is 0.0598. The van der Waals surface area contributed by atoms with E-state index in [2.05, 4.69) is 0 Å². The Bertz CT molecular complexity index is 403. The monoisotopic (exact) mass is 269 g/mol. The van der Waals surface area contributed by atoms with Crippen LogP contribution in [0.25, 0.3) is 0 Å². The number of benzene rings is 1. The molecular weight excluding hydrogens is 250 g/mol. The second kappa shape index (κ2) is 6.76. The predicted octanol–water partition coefficient (Wildman–Crippen LogP) is 3.09. The molecule has 1 aliphatic rings. The molecule has 0 heterocycles. The fraction of sp³-hybridized carbons (Fsp3) is 0.500. The highest BCUT2D eigenvalue weighted by atomic mass is 35.5. The molecule has 0 amide bonds. The van der Waals surface area contributed by atoms with E-state index in [0.717, 1.165) is 18.4 Å². The van der Waals surface area contributed by atoms with Crippen LogP contribution in [0.15, 0.2) is 24.3 Å². The molecular formula is C14H20ClNO2. The van der Waals surface area contributed by atoms with E-state index in [0.29, 0.717) is 11.5 Å². The summed E-state index contributed by atoms with van der Waals surface area (Å²) in [5, 5.41) is 0. The van der Waals surface area contributed by atoms with Crippen LogP contribution in [-0.2, 0) is 4.74 Å².